The van der Waals surface area contributed by atoms with Gasteiger partial charge in [0.15, 0.2) is 0 Å². The Balaban J connectivity index is 2.18. The number of carbonyl (C=O) groups is 2. The lowest BCUT2D eigenvalue weighted by molar-refractivity contribution is -0.170. The van der Waals surface area contributed by atoms with E-state index in [9.17, 15) is 9.59 Å². The molecular formula is C9H10O3. The molecule has 0 saturated carbocycles. The molecule has 2 atom stereocenters. The summed E-state index contributed by atoms with van der Waals surface area (Å²) in [4.78, 5) is 22.0. The zero-order valence-corrected chi connectivity index (χ0v) is 6.66. The topological polar surface area (TPSA) is 43.4 Å². The van der Waals surface area contributed by atoms with E-state index in [0.29, 0.717) is 6.42 Å². The third-order valence-electron chi connectivity index (χ3n) is 2.51. The van der Waals surface area contributed by atoms with Crippen LogP contribution in [0.25, 0.3) is 0 Å². The first kappa shape index (κ1) is 7.53. The lowest BCUT2D eigenvalue weighted by Gasteiger charge is -2.29. The minimum Gasteiger partial charge on any atom is -0.393 e. The molecule has 1 saturated heterocycles. The first-order valence-corrected chi connectivity index (χ1v) is 4.17. The Morgan fingerprint density at radius 2 is 2.00 bits per heavy atom. The molecule has 2 rings (SSSR count). The van der Waals surface area contributed by atoms with E-state index in [1.165, 1.54) is 0 Å². The molecule has 0 radical (unpaired) electrons. The molecule has 2 aliphatic rings. The van der Waals surface area contributed by atoms with Crippen LogP contribution in [-0.4, -0.2) is 11.9 Å². The number of ether oxygens (including phenoxy) is 1. The number of hydrogen-bond donors (Lipinski definition) is 0. The molecule has 0 aromatic carbocycles. The smallest absolute Gasteiger partial charge is 0.317 e. The average molecular weight is 166 g/mol. The molecule has 0 aromatic rings. The van der Waals surface area contributed by atoms with Gasteiger partial charge in [-0.05, 0) is 18.8 Å². The predicted octanol–water partition coefficient (Wildman–Crippen LogP) is 1.04. The van der Waals surface area contributed by atoms with Gasteiger partial charge in [0, 0.05) is 6.42 Å². The molecule has 3 nitrogen and oxygen atoms in total. The van der Waals surface area contributed by atoms with Gasteiger partial charge in [0.2, 0.25) is 0 Å². The number of allylic oxidation sites excluding steroid dienone is 2. The molecule has 3 heteroatoms. The number of hydrogen-bond acceptors (Lipinski definition) is 3. The number of fused-ring (bicyclic) bond motifs is 1. The zero-order chi connectivity index (χ0) is 8.55. The van der Waals surface area contributed by atoms with E-state index in [1.807, 2.05) is 12.2 Å². The molecule has 1 fully saturated rings. The summed E-state index contributed by atoms with van der Waals surface area (Å²) >= 11 is 0. The van der Waals surface area contributed by atoms with E-state index < -0.39 is 0 Å². The molecule has 0 bridgehead atoms. The average Bonchev–Trinajstić information content (AvgIpc) is 2.04. The van der Waals surface area contributed by atoms with E-state index in [4.69, 9.17) is 0 Å². The van der Waals surface area contributed by atoms with Crippen LogP contribution in [0, 0.1) is 11.8 Å². The maximum absolute atomic E-state index is 11.2. The molecule has 0 amide bonds. The Morgan fingerprint density at radius 1 is 1.25 bits per heavy atom. The second-order valence-electron chi connectivity index (χ2n) is 3.31. The Kier molecular flexibility index (Phi) is 1.71. The first-order chi connectivity index (χ1) is 5.77. The van der Waals surface area contributed by atoms with Gasteiger partial charge in [-0.25, -0.2) is 0 Å². The molecular weight excluding hydrogens is 156 g/mol. The van der Waals surface area contributed by atoms with E-state index >= 15 is 0 Å². The summed E-state index contributed by atoms with van der Waals surface area (Å²) in [6.45, 7) is 0. The summed E-state index contributed by atoms with van der Waals surface area (Å²) in [6, 6.07) is 0. The van der Waals surface area contributed by atoms with Gasteiger partial charge in [0.05, 0.1) is 5.92 Å². The molecule has 64 valence electrons. The number of esters is 2. The molecule has 0 unspecified atom stereocenters. The van der Waals surface area contributed by atoms with Gasteiger partial charge in [-0.15, -0.1) is 0 Å². The van der Waals surface area contributed by atoms with Gasteiger partial charge in [-0.2, -0.15) is 0 Å². The quantitative estimate of drug-likeness (QED) is 0.307. The highest BCUT2D eigenvalue weighted by molar-refractivity contribution is 5.90. The fourth-order valence-corrected chi connectivity index (χ4v) is 1.83. The Morgan fingerprint density at radius 3 is 2.83 bits per heavy atom. The minimum atomic E-state index is -0.364. The highest BCUT2D eigenvalue weighted by Gasteiger charge is 2.37. The monoisotopic (exact) mass is 166 g/mol. The van der Waals surface area contributed by atoms with Crippen LogP contribution in [0.4, 0.5) is 0 Å². The number of cyclic esters (lactones) is 2. The van der Waals surface area contributed by atoms with Gasteiger partial charge < -0.3 is 4.74 Å². The van der Waals surface area contributed by atoms with Gasteiger partial charge >= 0.3 is 11.9 Å². The SMILES string of the molecule is O=C1C[C@H]2CC=CC[C@H]2C(=O)O1. The molecule has 0 N–H and O–H groups in total. The summed E-state index contributed by atoms with van der Waals surface area (Å²) in [6.07, 6.45) is 5.99. The van der Waals surface area contributed by atoms with Gasteiger partial charge in [0.25, 0.3) is 0 Å². The third-order valence-corrected chi connectivity index (χ3v) is 2.51. The van der Waals surface area contributed by atoms with Crippen molar-refractivity contribution >= 4 is 11.9 Å². The van der Waals surface area contributed by atoms with Gasteiger partial charge in [-0.3, -0.25) is 9.59 Å². The maximum atomic E-state index is 11.2. The van der Waals surface area contributed by atoms with Crippen molar-refractivity contribution in [3.8, 4) is 0 Å². The van der Waals surface area contributed by atoms with Crippen LogP contribution in [0.2, 0.25) is 0 Å². The molecule has 0 spiro atoms. The largest absolute Gasteiger partial charge is 0.393 e. The Labute approximate surface area is 70.4 Å². The van der Waals surface area contributed by atoms with Crippen molar-refractivity contribution < 1.29 is 14.3 Å². The third kappa shape index (κ3) is 1.15. The number of rotatable bonds is 0. The lowest BCUT2D eigenvalue weighted by Crippen LogP contribution is -2.36. The van der Waals surface area contributed by atoms with Crippen molar-refractivity contribution in [2.45, 2.75) is 19.3 Å². The zero-order valence-electron chi connectivity index (χ0n) is 6.66. The van der Waals surface area contributed by atoms with Crippen molar-refractivity contribution in [3.63, 3.8) is 0 Å². The van der Waals surface area contributed by atoms with Gasteiger partial charge in [-0.1, -0.05) is 12.2 Å². The van der Waals surface area contributed by atoms with Crippen LogP contribution < -0.4 is 0 Å². The van der Waals surface area contributed by atoms with Crippen LogP contribution in [0.15, 0.2) is 12.2 Å². The first-order valence-electron chi connectivity index (χ1n) is 4.17. The van der Waals surface area contributed by atoms with E-state index in [0.717, 1.165) is 12.8 Å². The maximum Gasteiger partial charge on any atom is 0.317 e. The van der Waals surface area contributed by atoms with E-state index in [1.54, 1.807) is 0 Å². The highest BCUT2D eigenvalue weighted by Crippen LogP contribution is 2.32. The predicted molar refractivity (Wildman–Crippen MR) is 41.1 cm³/mol. The fourth-order valence-electron chi connectivity index (χ4n) is 1.83. The molecule has 1 aliphatic heterocycles. The molecule has 1 heterocycles. The van der Waals surface area contributed by atoms with Crippen LogP contribution in [-0.2, 0) is 14.3 Å². The minimum absolute atomic E-state index is 0.0623. The second-order valence-corrected chi connectivity index (χ2v) is 3.31. The van der Waals surface area contributed by atoms with Crippen molar-refractivity contribution in [2.75, 3.05) is 0 Å². The van der Waals surface area contributed by atoms with Crippen LogP contribution >= 0.6 is 0 Å². The summed E-state index contributed by atoms with van der Waals surface area (Å²) in [5.41, 5.74) is 0. The summed E-state index contributed by atoms with van der Waals surface area (Å²) in [5, 5.41) is 0. The fraction of sp³-hybridized carbons (Fsp3) is 0.556. The summed E-state index contributed by atoms with van der Waals surface area (Å²) < 4.78 is 4.54. The normalized spacial score (nSPS) is 34.3. The van der Waals surface area contributed by atoms with Crippen molar-refractivity contribution in [1.29, 1.82) is 0 Å². The van der Waals surface area contributed by atoms with Crippen molar-refractivity contribution in [2.24, 2.45) is 11.8 Å². The molecule has 12 heavy (non-hydrogen) atoms. The second kappa shape index (κ2) is 2.73. The highest BCUT2D eigenvalue weighted by atomic mass is 16.6. The molecule has 0 aromatic heterocycles. The Bertz CT molecular complexity index is 254. The van der Waals surface area contributed by atoms with Crippen LogP contribution in [0.1, 0.15) is 19.3 Å². The van der Waals surface area contributed by atoms with Crippen molar-refractivity contribution in [3.05, 3.63) is 12.2 Å². The van der Waals surface area contributed by atoms with Crippen molar-refractivity contribution in [1.82, 2.24) is 0 Å². The summed E-state index contributed by atoms with van der Waals surface area (Å²) in [5.74, 6) is -0.561. The Hall–Kier alpha value is -1.12. The van der Waals surface area contributed by atoms with Gasteiger partial charge in [0.1, 0.15) is 0 Å². The summed E-state index contributed by atoms with van der Waals surface area (Å²) in [7, 11) is 0. The lowest BCUT2D eigenvalue weighted by atomic mass is 9.80. The number of carbonyl (C=O) groups excluding carboxylic acids is 2. The van der Waals surface area contributed by atoms with E-state index in [-0.39, 0.29) is 23.8 Å². The standard InChI is InChI=1S/C9H10O3/c10-8-5-6-3-1-2-4-7(6)9(11)12-8/h1-2,6-7H,3-5H2/t6-,7-/m1/s1. The van der Waals surface area contributed by atoms with E-state index in [2.05, 4.69) is 4.74 Å². The molecule has 1 aliphatic carbocycles. The van der Waals surface area contributed by atoms with Crippen LogP contribution in [0.5, 0.6) is 0 Å². The van der Waals surface area contributed by atoms with Crippen LogP contribution in [0.3, 0.4) is 0 Å².